The normalized spacial score (nSPS) is 10.5. The maximum atomic E-state index is 12.0. The van der Waals surface area contributed by atoms with E-state index in [-0.39, 0.29) is 5.91 Å². The van der Waals surface area contributed by atoms with E-state index < -0.39 is 0 Å². The Bertz CT molecular complexity index is 579. The van der Waals surface area contributed by atoms with Gasteiger partial charge in [0.2, 0.25) is 0 Å². The van der Waals surface area contributed by atoms with Gasteiger partial charge >= 0.3 is 0 Å². The van der Waals surface area contributed by atoms with Crippen LogP contribution >= 0.6 is 27.5 Å². The predicted octanol–water partition coefficient (Wildman–Crippen LogP) is 2.64. The van der Waals surface area contributed by atoms with Gasteiger partial charge in [0.25, 0.3) is 5.91 Å². The lowest BCUT2D eigenvalue weighted by atomic mass is 10.2. The fourth-order valence-corrected chi connectivity index (χ4v) is 2.49. The van der Waals surface area contributed by atoms with E-state index in [0.29, 0.717) is 17.1 Å². The molecular weight excluding hydrogens is 332 g/mol. The average Bonchev–Trinajstić information content (AvgIpc) is 2.82. The van der Waals surface area contributed by atoms with Crippen molar-refractivity contribution in [1.29, 1.82) is 0 Å². The monoisotopic (exact) mass is 342 g/mol. The number of nitrogens with one attached hydrogen (secondary N) is 1. The van der Waals surface area contributed by atoms with Gasteiger partial charge in [-0.05, 0) is 25.1 Å². The van der Waals surface area contributed by atoms with Gasteiger partial charge in [0.15, 0.2) is 5.82 Å². The average molecular weight is 344 g/mol. The van der Waals surface area contributed by atoms with E-state index in [0.717, 1.165) is 16.8 Å². The van der Waals surface area contributed by atoms with E-state index in [4.69, 9.17) is 11.6 Å². The number of halogens is 2. The quantitative estimate of drug-likeness (QED) is 0.928. The topological polar surface area (TPSA) is 59.8 Å². The molecule has 2 rings (SSSR count). The predicted molar refractivity (Wildman–Crippen MR) is 76.0 cm³/mol. The first-order chi connectivity index (χ1) is 9.10. The van der Waals surface area contributed by atoms with E-state index in [1.165, 1.54) is 0 Å². The second-order valence-corrected chi connectivity index (χ2v) is 5.23. The fourth-order valence-electron chi connectivity index (χ4n) is 1.63. The smallest absolute Gasteiger partial charge is 0.251 e. The Labute approximate surface area is 124 Å². The molecule has 0 saturated carbocycles. The summed E-state index contributed by atoms with van der Waals surface area (Å²) in [5, 5.41) is 11.1. The Morgan fingerprint density at radius 3 is 2.95 bits per heavy atom. The Kier molecular flexibility index (Phi) is 4.55. The lowest BCUT2D eigenvalue weighted by molar-refractivity contribution is 0.0949. The van der Waals surface area contributed by atoms with Gasteiger partial charge in [0, 0.05) is 21.6 Å². The van der Waals surface area contributed by atoms with Crippen LogP contribution in [0.3, 0.4) is 0 Å². The zero-order valence-electron chi connectivity index (χ0n) is 10.2. The van der Waals surface area contributed by atoms with Crippen molar-refractivity contribution >= 4 is 33.4 Å². The maximum Gasteiger partial charge on any atom is 0.251 e. The highest BCUT2D eigenvalue weighted by Crippen LogP contribution is 2.19. The largest absolute Gasteiger partial charge is 0.345 e. The summed E-state index contributed by atoms with van der Waals surface area (Å²) in [5.41, 5.74) is 0.502. The minimum absolute atomic E-state index is 0.200. The van der Waals surface area contributed by atoms with E-state index in [1.807, 2.05) is 11.5 Å². The summed E-state index contributed by atoms with van der Waals surface area (Å²) in [6, 6.07) is 5.06. The molecule has 1 aromatic carbocycles. The number of carbonyl (C=O) groups excluding carboxylic acids is 1. The summed E-state index contributed by atoms with van der Waals surface area (Å²) in [6.07, 6.45) is 1.64. The molecular formula is C12H12BrClN4O. The van der Waals surface area contributed by atoms with Crippen molar-refractivity contribution in [3.8, 4) is 0 Å². The maximum absolute atomic E-state index is 12.0. The highest BCUT2D eigenvalue weighted by molar-refractivity contribution is 9.10. The number of carbonyl (C=O) groups is 1. The lowest BCUT2D eigenvalue weighted by Gasteiger charge is -2.06. The van der Waals surface area contributed by atoms with Crippen LogP contribution in [0.1, 0.15) is 23.1 Å². The Morgan fingerprint density at radius 2 is 2.26 bits per heavy atom. The van der Waals surface area contributed by atoms with Crippen LogP contribution in [0.5, 0.6) is 0 Å². The first kappa shape index (κ1) is 14.0. The van der Waals surface area contributed by atoms with Gasteiger partial charge in [0.05, 0.1) is 6.54 Å². The number of amides is 1. The molecule has 0 aliphatic carbocycles. The van der Waals surface area contributed by atoms with Gasteiger partial charge in [0.1, 0.15) is 6.33 Å². The van der Waals surface area contributed by atoms with Crippen LogP contribution in [0.2, 0.25) is 5.02 Å². The van der Waals surface area contributed by atoms with Crippen LogP contribution in [0, 0.1) is 0 Å². The summed E-state index contributed by atoms with van der Waals surface area (Å²) < 4.78 is 2.63. The number of aromatic nitrogens is 3. The summed E-state index contributed by atoms with van der Waals surface area (Å²) >= 11 is 9.21. The molecule has 2 aromatic rings. The van der Waals surface area contributed by atoms with Crippen LogP contribution in [-0.2, 0) is 13.1 Å². The molecule has 1 heterocycles. The number of aryl methyl sites for hydroxylation is 1. The number of nitrogens with zero attached hydrogens (tertiary/aromatic N) is 3. The number of rotatable bonds is 4. The molecule has 7 heteroatoms. The fraction of sp³-hybridized carbons (Fsp3) is 0.250. The van der Waals surface area contributed by atoms with Crippen LogP contribution in [0.4, 0.5) is 0 Å². The second kappa shape index (κ2) is 6.16. The van der Waals surface area contributed by atoms with E-state index >= 15 is 0 Å². The van der Waals surface area contributed by atoms with Gasteiger partial charge in [-0.2, -0.15) is 0 Å². The Morgan fingerprint density at radius 1 is 1.47 bits per heavy atom. The first-order valence-corrected chi connectivity index (χ1v) is 6.88. The SMILES string of the molecule is CCn1cnnc1CNC(=O)c1cc(Cl)cc(Br)c1. The van der Waals surface area contributed by atoms with Crippen molar-refractivity contribution in [2.45, 2.75) is 20.0 Å². The third-order valence-electron chi connectivity index (χ3n) is 2.57. The Hall–Kier alpha value is -1.40. The highest BCUT2D eigenvalue weighted by Gasteiger charge is 2.09. The second-order valence-electron chi connectivity index (χ2n) is 3.87. The van der Waals surface area contributed by atoms with Crippen LogP contribution in [0.25, 0.3) is 0 Å². The molecule has 0 radical (unpaired) electrons. The lowest BCUT2D eigenvalue weighted by Crippen LogP contribution is -2.24. The molecule has 0 aliphatic heterocycles. The number of benzene rings is 1. The zero-order valence-corrected chi connectivity index (χ0v) is 12.6. The summed E-state index contributed by atoms with van der Waals surface area (Å²) in [6.45, 7) is 3.08. The minimum Gasteiger partial charge on any atom is -0.345 e. The summed E-state index contributed by atoms with van der Waals surface area (Å²) in [4.78, 5) is 12.0. The molecule has 0 fully saturated rings. The van der Waals surface area contributed by atoms with Gasteiger partial charge in [-0.1, -0.05) is 27.5 Å². The number of hydrogen-bond donors (Lipinski definition) is 1. The molecule has 19 heavy (non-hydrogen) atoms. The molecule has 0 spiro atoms. The molecule has 0 saturated heterocycles. The van der Waals surface area contributed by atoms with Crippen LogP contribution in [-0.4, -0.2) is 20.7 Å². The van der Waals surface area contributed by atoms with E-state index in [9.17, 15) is 4.79 Å². The van der Waals surface area contributed by atoms with Crippen molar-refractivity contribution < 1.29 is 4.79 Å². The van der Waals surface area contributed by atoms with Crippen molar-refractivity contribution in [1.82, 2.24) is 20.1 Å². The molecule has 0 bridgehead atoms. The summed E-state index contributed by atoms with van der Waals surface area (Å²) in [7, 11) is 0. The minimum atomic E-state index is -0.200. The number of hydrogen-bond acceptors (Lipinski definition) is 3. The third kappa shape index (κ3) is 3.54. The molecule has 1 amide bonds. The van der Waals surface area contributed by atoms with Crippen molar-refractivity contribution in [2.24, 2.45) is 0 Å². The molecule has 100 valence electrons. The van der Waals surface area contributed by atoms with Crippen molar-refractivity contribution in [3.05, 3.63) is 45.4 Å². The van der Waals surface area contributed by atoms with Gasteiger partial charge in [-0.25, -0.2) is 0 Å². The van der Waals surface area contributed by atoms with Gasteiger partial charge in [-0.3, -0.25) is 4.79 Å². The van der Waals surface area contributed by atoms with Gasteiger partial charge < -0.3 is 9.88 Å². The zero-order chi connectivity index (χ0) is 13.8. The first-order valence-electron chi connectivity index (χ1n) is 5.71. The molecule has 5 nitrogen and oxygen atoms in total. The molecule has 0 unspecified atom stereocenters. The third-order valence-corrected chi connectivity index (χ3v) is 3.24. The van der Waals surface area contributed by atoms with Crippen molar-refractivity contribution in [2.75, 3.05) is 0 Å². The standard InChI is InChI=1S/C12H12BrClN4O/c1-2-18-7-16-17-11(18)6-15-12(19)8-3-9(13)5-10(14)4-8/h3-5,7H,2,6H2,1H3,(H,15,19). The van der Waals surface area contributed by atoms with Crippen LogP contribution in [0.15, 0.2) is 29.0 Å². The summed E-state index contributed by atoms with van der Waals surface area (Å²) in [5.74, 6) is 0.519. The van der Waals surface area contributed by atoms with Crippen LogP contribution < -0.4 is 5.32 Å². The van der Waals surface area contributed by atoms with Gasteiger partial charge in [-0.15, -0.1) is 10.2 Å². The van der Waals surface area contributed by atoms with Crippen molar-refractivity contribution in [3.63, 3.8) is 0 Å². The molecule has 0 aliphatic rings. The Balaban J connectivity index is 2.05. The highest BCUT2D eigenvalue weighted by atomic mass is 79.9. The molecule has 1 N–H and O–H groups in total. The molecule has 1 aromatic heterocycles. The molecule has 0 atom stereocenters. The van der Waals surface area contributed by atoms with E-state index in [2.05, 4.69) is 31.4 Å². The van der Waals surface area contributed by atoms with E-state index in [1.54, 1.807) is 24.5 Å².